The quantitative estimate of drug-likeness (QED) is 0.414. The van der Waals surface area contributed by atoms with E-state index in [0.717, 1.165) is 25.0 Å². The van der Waals surface area contributed by atoms with Crippen LogP contribution >= 0.6 is 0 Å². The standard InChI is InChI=1S/C26H36F3N5O6/c1-25(2,3)40-24(38)33-20-7-5-4-6-19(20)31-21(35)15-30-22(36)17-14-16(26(27,28)29)8-9-18(17)32-23(37)34-10-12-39-13-11-34/h8-9,14,19-20H,4-7,10-13,15H2,1-3H3,(H,30,36)(H,31,35)(H,32,37)(H,33,38). The minimum atomic E-state index is -4.73. The second kappa shape index (κ2) is 13.2. The number of benzene rings is 1. The lowest BCUT2D eigenvalue weighted by atomic mass is 9.90. The molecule has 3 rings (SSSR count). The van der Waals surface area contributed by atoms with Gasteiger partial charge in [0.25, 0.3) is 5.91 Å². The molecule has 5 amide bonds. The van der Waals surface area contributed by atoms with Crippen molar-refractivity contribution in [2.45, 2.75) is 70.3 Å². The van der Waals surface area contributed by atoms with Crippen LogP contribution < -0.4 is 21.3 Å². The third-order valence-electron chi connectivity index (χ3n) is 6.36. The number of nitrogens with one attached hydrogen (secondary N) is 4. The van der Waals surface area contributed by atoms with E-state index in [-0.39, 0.29) is 11.7 Å². The number of nitrogens with zero attached hydrogens (tertiary/aromatic N) is 1. The lowest BCUT2D eigenvalue weighted by Gasteiger charge is -2.33. The molecule has 40 heavy (non-hydrogen) atoms. The van der Waals surface area contributed by atoms with Gasteiger partial charge in [-0.25, -0.2) is 9.59 Å². The van der Waals surface area contributed by atoms with Crippen LogP contribution in [0.25, 0.3) is 0 Å². The number of carbonyl (C=O) groups is 4. The second-order valence-corrected chi connectivity index (χ2v) is 10.7. The van der Waals surface area contributed by atoms with Crippen LogP contribution in [0.2, 0.25) is 0 Å². The summed E-state index contributed by atoms with van der Waals surface area (Å²) in [5, 5.41) is 10.4. The van der Waals surface area contributed by atoms with E-state index in [1.54, 1.807) is 20.8 Å². The van der Waals surface area contributed by atoms with Crippen molar-refractivity contribution in [1.29, 1.82) is 0 Å². The van der Waals surface area contributed by atoms with Gasteiger partial charge in [-0.1, -0.05) is 12.8 Å². The molecule has 2 atom stereocenters. The monoisotopic (exact) mass is 571 g/mol. The van der Waals surface area contributed by atoms with Crippen molar-refractivity contribution in [3.8, 4) is 0 Å². The zero-order chi connectivity index (χ0) is 29.5. The Morgan fingerprint density at radius 3 is 2.23 bits per heavy atom. The Balaban J connectivity index is 1.64. The third-order valence-corrected chi connectivity index (χ3v) is 6.36. The Kier molecular flexibility index (Phi) is 10.2. The summed E-state index contributed by atoms with van der Waals surface area (Å²) in [4.78, 5) is 51.8. The maximum atomic E-state index is 13.4. The molecule has 11 nitrogen and oxygen atoms in total. The molecule has 1 saturated heterocycles. The molecule has 0 radical (unpaired) electrons. The van der Waals surface area contributed by atoms with Crippen molar-refractivity contribution in [1.82, 2.24) is 20.9 Å². The summed E-state index contributed by atoms with van der Waals surface area (Å²) < 4.78 is 50.6. The molecule has 1 aromatic carbocycles. The highest BCUT2D eigenvalue weighted by molar-refractivity contribution is 6.04. The fourth-order valence-corrected chi connectivity index (χ4v) is 4.43. The minimum absolute atomic E-state index is 0.128. The van der Waals surface area contributed by atoms with Crippen LogP contribution in [0.1, 0.15) is 62.4 Å². The number of hydrogen-bond donors (Lipinski definition) is 4. The van der Waals surface area contributed by atoms with Crippen LogP contribution in [0, 0.1) is 0 Å². The van der Waals surface area contributed by atoms with Gasteiger partial charge in [-0.15, -0.1) is 0 Å². The summed E-state index contributed by atoms with van der Waals surface area (Å²) in [5.41, 5.74) is -2.33. The number of alkyl carbamates (subject to hydrolysis) is 1. The SMILES string of the molecule is CC(C)(C)OC(=O)NC1CCCCC1NC(=O)CNC(=O)c1cc(C(F)(F)F)ccc1NC(=O)N1CCOCC1. The number of amides is 5. The lowest BCUT2D eigenvalue weighted by molar-refractivity contribution is -0.137. The molecule has 1 heterocycles. The first kappa shape index (κ1) is 31.0. The minimum Gasteiger partial charge on any atom is -0.444 e. The lowest BCUT2D eigenvalue weighted by Crippen LogP contribution is -2.55. The Morgan fingerprint density at radius 2 is 1.62 bits per heavy atom. The molecular formula is C26H36F3N5O6. The molecule has 2 unspecified atom stereocenters. The van der Waals surface area contributed by atoms with E-state index in [4.69, 9.17) is 9.47 Å². The molecule has 1 saturated carbocycles. The van der Waals surface area contributed by atoms with Gasteiger partial charge < -0.3 is 35.6 Å². The normalized spacial score (nSPS) is 19.8. The van der Waals surface area contributed by atoms with Gasteiger partial charge in [-0.2, -0.15) is 13.2 Å². The van der Waals surface area contributed by atoms with Gasteiger partial charge in [-0.05, 0) is 51.8 Å². The summed E-state index contributed by atoms with van der Waals surface area (Å²) >= 11 is 0. The van der Waals surface area contributed by atoms with Crippen LogP contribution in [-0.4, -0.2) is 79.4 Å². The number of urea groups is 1. The molecule has 1 aliphatic heterocycles. The topological polar surface area (TPSA) is 138 Å². The van der Waals surface area contributed by atoms with E-state index in [1.165, 1.54) is 4.90 Å². The number of morpholine rings is 1. The summed E-state index contributed by atoms with van der Waals surface area (Å²) in [6.45, 7) is 5.90. The number of halogens is 3. The fraction of sp³-hybridized carbons (Fsp3) is 0.615. The van der Waals surface area contributed by atoms with E-state index in [2.05, 4.69) is 21.3 Å². The zero-order valence-electron chi connectivity index (χ0n) is 22.8. The number of alkyl halides is 3. The molecular weight excluding hydrogens is 535 g/mol. The predicted molar refractivity (Wildman–Crippen MR) is 139 cm³/mol. The van der Waals surface area contributed by atoms with Gasteiger partial charge >= 0.3 is 18.3 Å². The number of hydrogen-bond acceptors (Lipinski definition) is 6. The van der Waals surface area contributed by atoms with Crippen molar-refractivity contribution >= 4 is 29.6 Å². The first-order valence-corrected chi connectivity index (χ1v) is 13.1. The second-order valence-electron chi connectivity index (χ2n) is 10.7. The third kappa shape index (κ3) is 9.28. The highest BCUT2D eigenvalue weighted by atomic mass is 19.4. The van der Waals surface area contributed by atoms with Gasteiger partial charge in [0.1, 0.15) is 5.60 Å². The van der Waals surface area contributed by atoms with Crippen molar-refractivity contribution in [2.24, 2.45) is 0 Å². The van der Waals surface area contributed by atoms with Crippen molar-refractivity contribution < 1.29 is 41.8 Å². The largest absolute Gasteiger partial charge is 0.444 e. The average molecular weight is 572 g/mol. The maximum Gasteiger partial charge on any atom is 0.416 e. The van der Waals surface area contributed by atoms with Crippen LogP contribution in [0.5, 0.6) is 0 Å². The Morgan fingerprint density at radius 1 is 1.00 bits per heavy atom. The van der Waals surface area contributed by atoms with E-state index in [9.17, 15) is 32.3 Å². The number of anilines is 1. The fourth-order valence-electron chi connectivity index (χ4n) is 4.43. The molecule has 0 spiro atoms. The maximum absolute atomic E-state index is 13.4. The summed E-state index contributed by atoms with van der Waals surface area (Å²) in [6, 6.07) is 1.01. The molecule has 0 aromatic heterocycles. The molecule has 4 N–H and O–H groups in total. The first-order chi connectivity index (χ1) is 18.7. The van der Waals surface area contributed by atoms with Crippen LogP contribution in [0.3, 0.4) is 0 Å². The molecule has 222 valence electrons. The van der Waals surface area contributed by atoms with E-state index in [0.29, 0.717) is 45.2 Å². The van der Waals surface area contributed by atoms with E-state index < -0.39 is 59.4 Å². The van der Waals surface area contributed by atoms with Gasteiger partial charge in [0.2, 0.25) is 5.91 Å². The number of ether oxygens (including phenoxy) is 2. The molecule has 2 aliphatic rings. The van der Waals surface area contributed by atoms with Gasteiger partial charge in [-0.3, -0.25) is 9.59 Å². The summed E-state index contributed by atoms with van der Waals surface area (Å²) in [7, 11) is 0. The Hall–Kier alpha value is -3.55. The smallest absolute Gasteiger partial charge is 0.416 e. The van der Waals surface area contributed by atoms with Gasteiger partial charge in [0, 0.05) is 19.1 Å². The van der Waals surface area contributed by atoms with Crippen molar-refractivity contribution in [3.05, 3.63) is 29.3 Å². The molecule has 1 aromatic rings. The van der Waals surface area contributed by atoms with Crippen LogP contribution in [0.4, 0.5) is 28.4 Å². The van der Waals surface area contributed by atoms with Crippen molar-refractivity contribution in [2.75, 3.05) is 38.2 Å². The number of carbonyl (C=O) groups excluding carboxylic acids is 4. The molecule has 14 heteroatoms. The molecule has 2 fully saturated rings. The predicted octanol–water partition coefficient (Wildman–Crippen LogP) is 3.25. The summed E-state index contributed by atoms with van der Waals surface area (Å²) in [5.74, 6) is -1.55. The average Bonchev–Trinajstić information content (AvgIpc) is 2.87. The number of rotatable bonds is 6. The van der Waals surface area contributed by atoms with Crippen molar-refractivity contribution in [3.63, 3.8) is 0 Å². The Labute approximate surface area is 230 Å². The van der Waals surface area contributed by atoms with Gasteiger partial charge in [0.05, 0.1) is 42.6 Å². The zero-order valence-corrected chi connectivity index (χ0v) is 22.8. The highest BCUT2D eigenvalue weighted by Crippen LogP contribution is 2.32. The molecule has 1 aliphatic carbocycles. The van der Waals surface area contributed by atoms with Crippen LogP contribution in [0.15, 0.2) is 18.2 Å². The Bertz CT molecular complexity index is 1090. The van der Waals surface area contributed by atoms with Gasteiger partial charge in [0.15, 0.2) is 0 Å². The first-order valence-electron chi connectivity index (χ1n) is 13.1. The molecule has 0 bridgehead atoms. The van der Waals surface area contributed by atoms with E-state index in [1.807, 2.05) is 0 Å². The van der Waals surface area contributed by atoms with Crippen LogP contribution in [-0.2, 0) is 20.4 Å². The summed E-state index contributed by atoms with van der Waals surface area (Å²) in [6.07, 6.45) is -2.46. The highest BCUT2D eigenvalue weighted by Gasteiger charge is 2.33. The van der Waals surface area contributed by atoms with E-state index >= 15 is 0 Å².